The molecule has 0 aromatic carbocycles. The molecule has 0 radical (unpaired) electrons. The predicted octanol–water partition coefficient (Wildman–Crippen LogP) is 1.09. The topological polar surface area (TPSA) is 65.0 Å². The predicted molar refractivity (Wildman–Crippen MR) is 74.3 cm³/mol. The van der Waals surface area contributed by atoms with E-state index < -0.39 is 6.10 Å². The second kappa shape index (κ2) is 8.79. The van der Waals surface area contributed by atoms with Gasteiger partial charge in [0.2, 0.25) is 0 Å². The Balaban J connectivity index is 2.04. The van der Waals surface area contributed by atoms with Gasteiger partial charge in [0.25, 0.3) is 0 Å². The van der Waals surface area contributed by atoms with Gasteiger partial charge < -0.3 is 19.3 Å². The van der Waals surface area contributed by atoms with Gasteiger partial charge in [0, 0.05) is 12.9 Å². The van der Waals surface area contributed by atoms with Crippen LogP contribution in [-0.4, -0.2) is 62.7 Å². The van der Waals surface area contributed by atoms with E-state index in [4.69, 9.17) is 14.2 Å². The second-order valence-corrected chi connectivity index (χ2v) is 6.02. The van der Waals surface area contributed by atoms with E-state index in [-0.39, 0.29) is 11.4 Å². The summed E-state index contributed by atoms with van der Waals surface area (Å²) in [5, 5.41) is 9.72. The molecule has 1 unspecified atom stereocenters. The lowest BCUT2D eigenvalue weighted by atomic mass is 10.1. The molecule has 0 heterocycles. The number of esters is 1. The van der Waals surface area contributed by atoms with Crippen LogP contribution in [0.4, 0.5) is 0 Å². The highest BCUT2D eigenvalue weighted by Crippen LogP contribution is 2.51. The maximum absolute atomic E-state index is 11.3. The first-order chi connectivity index (χ1) is 9.12. The van der Waals surface area contributed by atoms with E-state index in [1.165, 1.54) is 7.11 Å². The third kappa shape index (κ3) is 7.15. The molecular formula is C13H24O5S. The van der Waals surface area contributed by atoms with Crippen molar-refractivity contribution in [3.8, 4) is 0 Å². The summed E-state index contributed by atoms with van der Waals surface area (Å²) in [6.07, 6.45) is 2.19. The highest BCUT2D eigenvalue weighted by molar-refractivity contribution is 7.99. The Bertz CT molecular complexity index is 268. The van der Waals surface area contributed by atoms with Gasteiger partial charge >= 0.3 is 5.97 Å². The van der Waals surface area contributed by atoms with E-state index in [9.17, 15) is 9.90 Å². The van der Waals surface area contributed by atoms with E-state index in [1.54, 1.807) is 18.9 Å². The lowest BCUT2D eigenvalue weighted by molar-refractivity contribution is -0.141. The number of hydrogen-bond acceptors (Lipinski definition) is 6. The van der Waals surface area contributed by atoms with Crippen molar-refractivity contribution in [1.82, 2.24) is 0 Å². The van der Waals surface area contributed by atoms with Crippen molar-refractivity contribution in [2.24, 2.45) is 5.41 Å². The number of aliphatic hydroxyl groups is 1. The zero-order valence-electron chi connectivity index (χ0n) is 11.7. The third-order valence-electron chi connectivity index (χ3n) is 3.16. The summed E-state index contributed by atoms with van der Waals surface area (Å²) in [5.74, 6) is 1.40. The zero-order valence-corrected chi connectivity index (χ0v) is 12.5. The molecule has 1 aliphatic rings. The van der Waals surface area contributed by atoms with E-state index in [2.05, 4.69) is 0 Å². The number of ether oxygens (including phenoxy) is 3. The van der Waals surface area contributed by atoms with Crippen LogP contribution in [0, 0.1) is 5.41 Å². The molecule has 0 aromatic rings. The summed E-state index contributed by atoms with van der Waals surface area (Å²) < 4.78 is 14.8. The van der Waals surface area contributed by atoms with Gasteiger partial charge in [0.15, 0.2) is 0 Å². The van der Waals surface area contributed by atoms with Gasteiger partial charge in [-0.1, -0.05) is 0 Å². The van der Waals surface area contributed by atoms with Crippen LogP contribution >= 0.6 is 11.8 Å². The molecule has 112 valence electrons. The Hall–Kier alpha value is -0.300. The fourth-order valence-corrected chi connectivity index (χ4v) is 3.06. The Morgan fingerprint density at radius 2 is 2.11 bits per heavy atom. The van der Waals surface area contributed by atoms with Crippen LogP contribution in [0.3, 0.4) is 0 Å². The van der Waals surface area contributed by atoms with Crippen molar-refractivity contribution in [3.05, 3.63) is 0 Å². The molecule has 1 saturated carbocycles. The molecule has 1 fully saturated rings. The van der Waals surface area contributed by atoms with Gasteiger partial charge in [-0.05, 0) is 24.0 Å². The number of methoxy groups -OCH3 is 2. The molecule has 1 atom stereocenters. The van der Waals surface area contributed by atoms with Crippen molar-refractivity contribution < 1.29 is 24.1 Å². The standard InChI is InChI=1S/C13H24O5S/c1-16-5-6-18-8-11(14)9-19-10-13(3-4-13)7-12(15)17-2/h11,14H,3-10H2,1-2H3. The first-order valence-electron chi connectivity index (χ1n) is 6.51. The fourth-order valence-electron chi connectivity index (χ4n) is 1.75. The fraction of sp³-hybridized carbons (Fsp3) is 0.923. The van der Waals surface area contributed by atoms with Crippen LogP contribution in [0.5, 0.6) is 0 Å². The summed E-state index contributed by atoms with van der Waals surface area (Å²) in [5.41, 5.74) is 0.119. The highest BCUT2D eigenvalue weighted by atomic mass is 32.2. The Morgan fingerprint density at radius 1 is 1.37 bits per heavy atom. The van der Waals surface area contributed by atoms with Crippen molar-refractivity contribution in [1.29, 1.82) is 0 Å². The van der Waals surface area contributed by atoms with Gasteiger partial charge in [-0.25, -0.2) is 0 Å². The van der Waals surface area contributed by atoms with E-state index in [0.29, 0.717) is 32.0 Å². The number of carbonyl (C=O) groups is 1. The molecule has 1 rings (SSSR count). The molecule has 0 aromatic heterocycles. The Labute approximate surface area is 119 Å². The third-order valence-corrected chi connectivity index (χ3v) is 4.60. The molecule has 1 N–H and O–H groups in total. The van der Waals surface area contributed by atoms with Crippen LogP contribution in [0.1, 0.15) is 19.3 Å². The lowest BCUT2D eigenvalue weighted by Gasteiger charge is -2.15. The number of thioether (sulfide) groups is 1. The lowest BCUT2D eigenvalue weighted by Crippen LogP contribution is -2.21. The van der Waals surface area contributed by atoms with Gasteiger partial charge in [-0.3, -0.25) is 4.79 Å². The number of aliphatic hydroxyl groups excluding tert-OH is 1. The number of hydrogen-bond donors (Lipinski definition) is 1. The first-order valence-corrected chi connectivity index (χ1v) is 7.67. The average molecular weight is 292 g/mol. The molecular weight excluding hydrogens is 268 g/mol. The summed E-state index contributed by atoms with van der Waals surface area (Å²) in [6, 6.07) is 0. The molecule has 0 aliphatic heterocycles. The highest BCUT2D eigenvalue weighted by Gasteiger charge is 2.44. The van der Waals surface area contributed by atoms with Gasteiger partial charge in [-0.2, -0.15) is 11.8 Å². The molecule has 6 heteroatoms. The van der Waals surface area contributed by atoms with Crippen molar-refractivity contribution >= 4 is 17.7 Å². The largest absolute Gasteiger partial charge is 0.469 e. The zero-order chi connectivity index (χ0) is 14.1. The van der Waals surface area contributed by atoms with Crippen LogP contribution in [0.2, 0.25) is 0 Å². The van der Waals surface area contributed by atoms with Gasteiger partial charge in [-0.15, -0.1) is 0 Å². The second-order valence-electron chi connectivity index (χ2n) is 4.99. The van der Waals surface area contributed by atoms with Crippen molar-refractivity contribution in [3.63, 3.8) is 0 Å². The van der Waals surface area contributed by atoms with Crippen LogP contribution < -0.4 is 0 Å². The van der Waals surface area contributed by atoms with E-state index >= 15 is 0 Å². The summed E-state index contributed by atoms with van der Waals surface area (Å²) in [6.45, 7) is 1.38. The molecule has 19 heavy (non-hydrogen) atoms. The minimum atomic E-state index is -0.462. The smallest absolute Gasteiger partial charge is 0.306 e. The molecule has 1 aliphatic carbocycles. The average Bonchev–Trinajstić information content (AvgIpc) is 3.14. The minimum absolute atomic E-state index is 0.119. The van der Waals surface area contributed by atoms with Crippen molar-refractivity contribution in [2.45, 2.75) is 25.4 Å². The first kappa shape index (κ1) is 16.8. The molecule has 0 amide bonds. The van der Waals surface area contributed by atoms with Gasteiger partial charge in [0.05, 0.1) is 39.5 Å². The molecule has 0 saturated heterocycles. The minimum Gasteiger partial charge on any atom is -0.469 e. The van der Waals surface area contributed by atoms with Gasteiger partial charge in [0.1, 0.15) is 0 Å². The molecule has 5 nitrogen and oxygen atoms in total. The van der Waals surface area contributed by atoms with Crippen molar-refractivity contribution in [2.75, 3.05) is 45.5 Å². The van der Waals surface area contributed by atoms with Crippen LogP contribution in [0.15, 0.2) is 0 Å². The maximum atomic E-state index is 11.3. The Morgan fingerprint density at radius 3 is 2.68 bits per heavy atom. The summed E-state index contributed by atoms with van der Waals surface area (Å²) in [4.78, 5) is 11.3. The summed E-state index contributed by atoms with van der Waals surface area (Å²) >= 11 is 1.68. The maximum Gasteiger partial charge on any atom is 0.306 e. The summed E-state index contributed by atoms with van der Waals surface area (Å²) in [7, 11) is 3.04. The number of rotatable bonds is 11. The normalized spacial score (nSPS) is 18.1. The quantitative estimate of drug-likeness (QED) is 0.454. The number of carbonyl (C=O) groups excluding carboxylic acids is 1. The Kier molecular flexibility index (Phi) is 7.75. The van der Waals surface area contributed by atoms with E-state index in [0.717, 1.165) is 18.6 Å². The van der Waals surface area contributed by atoms with E-state index in [1.807, 2.05) is 0 Å². The SMILES string of the molecule is COCCOCC(O)CSCC1(CC(=O)OC)CC1. The molecule has 0 bridgehead atoms. The molecule has 0 spiro atoms. The monoisotopic (exact) mass is 292 g/mol. The van der Waals surface area contributed by atoms with Crippen LogP contribution in [0.25, 0.3) is 0 Å². The van der Waals surface area contributed by atoms with Crippen LogP contribution in [-0.2, 0) is 19.0 Å².